The van der Waals surface area contributed by atoms with E-state index in [9.17, 15) is 0 Å². The number of rotatable bonds is 7. The van der Waals surface area contributed by atoms with E-state index in [4.69, 9.17) is 25.5 Å². The quantitative estimate of drug-likeness (QED) is 0.160. The zero-order valence-electron chi connectivity index (χ0n) is 37.9. The molecule has 7 aromatic rings. The van der Waals surface area contributed by atoms with Crippen LogP contribution in [0.3, 0.4) is 0 Å². The second kappa shape index (κ2) is 15.7. The maximum absolute atomic E-state index is 8.08. The van der Waals surface area contributed by atoms with Crippen molar-refractivity contribution in [2.45, 2.75) is 99.3 Å². The number of anilines is 6. The molecule has 6 heteroatoms. The molecular weight excluding hydrogens is 772 g/mol. The van der Waals surface area contributed by atoms with E-state index >= 15 is 0 Å². The molecule has 0 unspecified atom stereocenters. The van der Waals surface area contributed by atoms with Gasteiger partial charge in [-0.2, -0.15) is 0 Å². The van der Waals surface area contributed by atoms with Crippen LogP contribution in [-0.4, -0.2) is 13.2 Å². The number of hydrogen-bond acceptors (Lipinski definition) is 5. The van der Waals surface area contributed by atoms with Crippen molar-refractivity contribution in [2.24, 2.45) is 0 Å². The van der Waals surface area contributed by atoms with Crippen molar-refractivity contribution < 1.29 is 13.9 Å². The monoisotopic (exact) mass is 830 g/mol. The van der Waals surface area contributed by atoms with Gasteiger partial charge in [0.25, 0.3) is 0 Å². The fourth-order valence-electron chi connectivity index (χ4n) is 8.45. The van der Waals surface area contributed by atoms with Gasteiger partial charge in [0.05, 0.1) is 39.1 Å². The van der Waals surface area contributed by atoms with Crippen molar-refractivity contribution in [3.63, 3.8) is 0 Å². The van der Waals surface area contributed by atoms with E-state index < -0.39 is 0 Å². The maximum Gasteiger partial charge on any atom is 0.163 e. The highest BCUT2D eigenvalue weighted by Crippen LogP contribution is 2.53. The number of furan rings is 1. The molecule has 0 radical (unpaired) electrons. The Morgan fingerprint density at radius 2 is 1.11 bits per heavy atom. The van der Waals surface area contributed by atoms with Gasteiger partial charge in [-0.15, -0.1) is 0 Å². The normalized spacial score (nSPS) is 13.1. The van der Waals surface area contributed by atoms with Gasteiger partial charge in [0.2, 0.25) is 0 Å². The summed E-state index contributed by atoms with van der Waals surface area (Å²) >= 11 is 8.08. The van der Waals surface area contributed by atoms with Gasteiger partial charge >= 0.3 is 0 Å². The number of benzene rings is 6. The molecule has 5 nitrogen and oxygen atoms in total. The molecule has 0 N–H and O–H groups in total. The minimum atomic E-state index is -0.0724. The fraction of sp³-hybridized carbons (Fsp3) is 0.309. The topological polar surface area (TPSA) is 38.1 Å². The van der Waals surface area contributed by atoms with Crippen LogP contribution in [0.4, 0.5) is 34.1 Å². The summed E-state index contributed by atoms with van der Waals surface area (Å²) in [6.45, 7) is 27.9. The van der Waals surface area contributed by atoms with Crippen LogP contribution in [-0.2, 0) is 16.2 Å². The third-order valence-corrected chi connectivity index (χ3v) is 12.3. The second-order valence-electron chi connectivity index (χ2n) is 19.8. The third-order valence-electron chi connectivity index (χ3n) is 11.9. The standard InChI is InChI=1S/C55H59ClN2O3/c1-34-26-45(57(41-20-23-49-50(32-41)60-25-24-59-49)44-21-18-38(53(4,5)6)30-42(44)37-16-14-13-15-17-37)51(56)46(27-34)58(52-35(2)28-40(29-36(52)3)55(10,11)12)47-33-61-48-22-19-39(31-43(47)48)54(7,8)9/h13-23,26-33H,24-25H2,1-12H3. The van der Waals surface area contributed by atoms with Gasteiger partial charge in [-0.25, -0.2) is 0 Å². The molecule has 1 aliphatic rings. The van der Waals surface area contributed by atoms with Crippen molar-refractivity contribution in [3.8, 4) is 22.6 Å². The maximum atomic E-state index is 8.08. The molecular formula is C55H59ClN2O3. The van der Waals surface area contributed by atoms with Crippen molar-refractivity contribution in [1.82, 2.24) is 0 Å². The summed E-state index contributed by atoms with van der Waals surface area (Å²) in [4.78, 5) is 4.62. The van der Waals surface area contributed by atoms with Gasteiger partial charge in [0.1, 0.15) is 25.1 Å². The predicted molar refractivity (Wildman–Crippen MR) is 257 cm³/mol. The van der Waals surface area contributed by atoms with Gasteiger partial charge in [-0.05, 0) is 124 Å². The molecule has 0 atom stereocenters. The number of nitrogens with zero attached hydrogens (tertiary/aromatic N) is 2. The summed E-state index contributed by atoms with van der Waals surface area (Å²) in [6.07, 6.45) is 1.89. The summed E-state index contributed by atoms with van der Waals surface area (Å²) < 4.78 is 18.7. The highest BCUT2D eigenvalue weighted by Gasteiger charge is 2.31. The fourth-order valence-corrected chi connectivity index (χ4v) is 8.73. The van der Waals surface area contributed by atoms with Gasteiger partial charge in [-0.3, -0.25) is 0 Å². The van der Waals surface area contributed by atoms with E-state index in [1.165, 1.54) is 16.7 Å². The smallest absolute Gasteiger partial charge is 0.163 e. The molecule has 0 bridgehead atoms. The first kappa shape index (κ1) is 42.1. The van der Waals surface area contributed by atoms with Gasteiger partial charge in [0, 0.05) is 17.0 Å². The van der Waals surface area contributed by atoms with E-state index in [-0.39, 0.29) is 16.2 Å². The number of aryl methyl sites for hydroxylation is 3. The van der Waals surface area contributed by atoms with Crippen molar-refractivity contribution in [1.29, 1.82) is 0 Å². The van der Waals surface area contributed by atoms with E-state index in [0.717, 1.165) is 78.7 Å². The highest BCUT2D eigenvalue weighted by atomic mass is 35.5. The zero-order chi connectivity index (χ0) is 43.6. The van der Waals surface area contributed by atoms with Crippen LogP contribution < -0.4 is 19.3 Å². The van der Waals surface area contributed by atoms with Crippen LogP contribution in [0.1, 0.15) is 95.7 Å². The number of halogens is 1. The minimum absolute atomic E-state index is 0.0277. The van der Waals surface area contributed by atoms with Crippen LogP contribution in [0.5, 0.6) is 11.5 Å². The molecule has 0 amide bonds. The van der Waals surface area contributed by atoms with E-state index in [1.807, 2.05) is 12.3 Å². The first-order valence-corrected chi connectivity index (χ1v) is 21.8. The van der Waals surface area contributed by atoms with Crippen LogP contribution in [0.2, 0.25) is 5.02 Å². The molecule has 0 spiro atoms. The first-order valence-electron chi connectivity index (χ1n) is 21.4. The summed E-state index contributed by atoms with van der Waals surface area (Å²) in [5.74, 6) is 1.44. The average molecular weight is 832 g/mol. The molecule has 2 heterocycles. The number of fused-ring (bicyclic) bond motifs is 2. The molecule has 0 saturated carbocycles. The molecule has 0 aliphatic carbocycles. The molecule has 1 aliphatic heterocycles. The Morgan fingerprint density at radius 3 is 1.75 bits per heavy atom. The zero-order valence-corrected chi connectivity index (χ0v) is 38.6. The van der Waals surface area contributed by atoms with E-state index in [1.54, 1.807) is 0 Å². The molecule has 314 valence electrons. The predicted octanol–water partition coefficient (Wildman–Crippen LogP) is 16.3. The van der Waals surface area contributed by atoms with Gasteiger partial charge in [0.15, 0.2) is 11.5 Å². The van der Waals surface area contributed by atoms with Gasteiger partial charge < -0.3 is 23.7 Å². The summed E-state index contributed by atoms with van der Waals surface area (Å²) in [7, 11) is 0. The third kappa shape index (κ3) is 8.13. The summed E-state index contributed by atoms with van der Waals surface area (Å²) in [5.41, 5.74) is 15.6. The first-order chi connectivity index (χ1) is 28.8. The lowest BCUT2D eigenvalue weighted by molar-refractivity contribution is 0.171. The van der Waals surface area contributed by atoms with Crippen molar-refractivity contribution in [2.75, 3.05) is 23.0 Å². The average Bonchev–Trinajstić information content (AvgIpc) is 3.63. The Bertz CT molecular complexity index is 2740. The minimum Gasteiger partial charge on any atom is -0.486 e. The summed E-state index contributed by atoms with van der Waals surface area (Å²) in [6, 6.07) is 39.2. The van der Waals surface area contributed by atoms with E-state index in [0.29, 0.717) is 24.0 Å². The Morgan fingerprint density at radius 1 is 0.525 bits per heavy atom. The molecule has 61 heavy (non-hydrogen) atoms. The Labute approximate surface area is 367 Å². The molecule has 8 rings (SSSR count). The Balaban J connectivity index is 1.45. The summed E-state index contributed by atoms with van der Waals surface area (Å²) in [5, 5.41) is 1.62. The van der Waals surface area contributed by atoms with Crippen LogP contribution >= 0.6 is 11.6 Å². The molecule has 6 aromatic carbocycles. The lowest BCUT2D eigenvalue weighted by Gasteiger charge is -2.34. The lowest BCUT2D eigenvalue weighted by Crippen LogP contribution is -2.19. The number of ether oxygens (including phenoxy) is 2. The number of hydrogen-bond donors (Lipinski definition) is 0. The molecule has 1 aromatic heterocycles. The van der Waals surface area contributed by atoms with Crippen molar-refractivity contribution in [3.05, 3.63) is 154 Å². The largest absolute Gasteiger partial charge is 0.486 e. The molecule has 0 fully saturated rings. The van der Waals surface area contributed by atoms with Crippen LogP contribution in [0.15, 0.2) is 120 Å². The Hall–Kier alpha value is -5.65. The Kier molecular flexibility index (Phi) is 10.8. The lowest BCUT2D eigenvalue weighted by atomic mass is 9.84. The van der Waals surface area contributed by atoms with Crippen LogP contribution in [0.25, 0.3) is 22.1 Å². The van der Waals surface area contributed by atoms with Gasteiger partial charge in [-0.1, -0.05) is 129 Å². The van der Waals surface area contributed by atoms with Crippen molar-refractivity contribution >= 4 is 56.7 Å². The molecule has 0 saturated heterocycles. The SMILES string of the molecule is Cc1cc(N(c2ccc3c(c2)OCCO3)c2ccc(C(C)(C)C)cc2-c2ccccc2)c(Cl)c(N(c2c(C)cc(C(C)(C)C)cc2C)c2coc3ccc(C(C)(C)C)cc23)c1. The highest BCUT2D eigenvalue weighted by molar-refractivity contribution is 6.37. The van der Waals surface area contributed by atoms with E-state index in [2.05, 4.69) is 196 Å². The second-order valence-corrected chi connectivity index (χ2v) is 20.1. The van der Waals surface area contributed by atoms with Crippen LogP contribution in [0, 0.1) is 20.8 Å².